The molecule has 1 saturated carbocycles. The van der Waals surface area contributed by atoms with E-state index in [1.807, 2.05) is 0 Å². The van der Waals surface area contributed by atoms with Crippen LogP contribution in [0.5, 0.6) is 5.75 Å². The number of rotatable bonds is 10. The molecule has 2 aromatic rings. The van der Waals surface area contributed by atoms with Gasteiger partial charge in [0.2, 0.25) is 0 Å². The summed E-state index contributed by atoms with van der Waals surface area (Å²) < 4.78 is 43.1. The number of hydrogen-bond acceptors (Lipinski definition) is 9. The molecule has 1 aromatic heterocycles. The van der Waals surface area contributed by atoms with Crippen molar-refractivity contribution in [2.45, 2.75) is 70.6 Å². The highest BCUT2D eigenvalue weighted by molar-refractivity contribution is 7.52. The summed E-state index contributed by atoms with van der Waals surface area (Å²) >= 11 is 0. The van der Waals surface area contributed by atoms with Crippen molar-refractivity contribution in [3.63, 3.8) is 0 Å². The first-order valence-electron chi connectivity index (χ1n) is 12.1. The van der Waals surface area contributed by atoms with Gasteiger partial charge in [-0.15, -0.1) is 0 Å². The van der Waals surface area contributed by atoms with Gasteiger partial charge in [0.15, 0.2) is 12.5 Å². The van der Waals surface area contributed by atoms with Crippen molar-refractivity contribution in [1.29, 1.82) is 0 Å². The molecule has 2 fully saturated rings. The third-order valence-corrected chi connectivity index (χ3v) is 7.55. The van der Waals surface area contributed by atoms with Gasteiger partial charge in [-0.3, -0.25) is 13.9 Å². The Morgan fingerprint density at radius 2 is 1.97 bits per heavy atom. The zero-order valence-electron chi connectivity index (χ0n) is 20.4. The molecule has 2 aliphatic rings. The van der Waals surface area contributed by atoms with Crippen molar-refractivity contribution in [2.75, 3.05) is 13.2 Å². The topological polar surface area (TPSA) is 127 Å². The molecular weight excluding hydrogens is 489 g/mol. The lowest BCUT2D eigenvalue weighted by atomic mass is 9.98. The predicted octanol–water partition coefficient (Wildman–Crippen LogP) is 3.48. The molecule has 0 bridgehead atoms. The normalized spacial score (nSPS) is 23.1. The Morgan fingerprint density at radius 3 is 2.69 bits per heavy atom. The quantitative estimate of drug-likeness (QED) is 0.367. The van der Waals surface area contributed by atoms with Crippen LogP contribution < -0.4 is 15.3 Å². The largest absolute Gasteiger partial charge is 0.461 e. The van der Waals surface area contributed by atoms with Crippen LogP contribution in [0.2, 0.25) is 0 Å². The summed E-state index contributed by atoms with van der Waals surface area (Å²) in [6.45, 7) is 3.08. The van der Waals surface area contributed by atoms with E-state index in [2.05, 4.69) is 10.1 Å². The van der Waals surface area contributed by atoms with E-state index in [1.165, 1.54) is 4.57 Å². The lowest BCUT2D eigenvalue weighted by Crippen LogP contribution is -2.38. The number of aryl methyl sites for hydroxylation is 1. The van der Waals surface area contributed by atoms with Gasteiger partial charge in [-0.05, 0) is 57.7 Å². The van der Waals surface area contributed by atoms with Gasteiger partial charge in [0.25, 0.3) is 0 Å². The molecule has 36 heavy (non-hydrogen) atoms. The van der Waals surface area contributed by atoms with Gasteiger partial charge in [-0.25, -0.2) is 9.36 Å². The van der Waals surface area contributed by atoms with Crippen molar-refractivity contribution < 1.29 is 32.6 Å². The summed E-state index contributed by atoms with van der Waals surface area (Å²) in [6.07, 6.45) is 4.64. The average molecular weight is 522 g/mol. The van der Waals surface area contributed by atoms with Crippen LogP contribution in [0, 0.1) is 6.92 Å². The van der Waals surface area contributed by atoms with E-state index in [9.17, 15) is 14.2 Å². The zero-order chi connectivity index (χ0) is 25.5. The first-order chi connectivity index (χ1) is 17.3. The predicted molar refractivity (Wildman–Crippen MR) is 129 cm³/mol. The third-order valence-electron chi connectivity index (χ3n) is 5.90. The molecule has 2 heterocycles. The molecule has 0 spiro atoms. The molecule has 1 aliphatic carbocycles. The maximum absolute atomic E-state index is 13.6. The van der Waals surface area contributed by atoms with Crippen LogP contribution in [-0.2, 0) is 28.1 Å². The molecule has 0 radical (unpaired) electrons. The fourth-order valence-corrected chi connectivity index (χ4v) is 5.48. The second-order valence-electron chi connectivity index (χ2n) is 8.86. The SMILES string of the molecule is Cc1ccn([C@@H]2CO[C@H](CO[P@](=O)(N[C@@H](C)C(=O)OC3CCCCC3)Oc3ccccc3)O2)c(=O)n1. The molecule has 1 aliphatic heterocycles. The number of ether oxygens (including phenoxy) is 3. The van der Waals surface area contributed by atoms with Gasteiger partial charge in [-0.2, -0.15) is 10.1 Å². The number of hydrogen-bond donors (Lipinski definition) is 1. The number of benzene rings is 1. The molecule has 196 valence electrons. The number of aromatic nitrogens is 2. The minimum absolute atomic E-state index is 0.0834. The smallest absolute Gasteiger partial charge is 0.459 e. The molecule has 4 atom stereocenters. The second-order valence-corrected chi connectivity index (χ2v) is 10.6. The van der Waals surface area contributed by atoms with Crippen molar-refractivity contribution in [2.24, 2.45) is 0 Å². The van der Waals surface area contributed by atoms with E-state index in [1.54, 1.807) is 56.4 Å². The molecule has 11 nitrogen and oxygen atoms in total. The molecule has 1 aromatic carbocycles. The van der Waals surface area contributed by atoms with Crippen LogP contribution in [0.25, 0.3) is 0 Å². The Kier molecular flexibility index (Phi) is 8.92. The fourth-order valence-electron chi connectivity index (χ4n) is 4.00. The molecule has 0 amide bonds. The standard InChI is InChI=1S/C24H32N3O8P/c1-17-13-14-27(24(29)25-17)21-15-31-22(34-21)16-32-36(30,35-20-11-7-4-8-12-20)26-18(2)23(28)33-19-9-5-3-6-10-19/h4,7-8,11-14,18-19,21-22H,3,5-6,9-10,15-16H2,1-2H3,(H,26,30)/t18-,21-,22-,36+/m0/s1. The van der Waals surface area contributed by atoms with Gasteiger partial charge >= 0.3 is 19.4 Å². The highest BCUT2D eigenvalue weighted by Gasteiger charge is 2.36. The Bertz CT molecular complexity index is 1120. The number of para-hydroxylation sites is 1. The number of nitrogens with zero attached hydrogens (tertiary/aromatic N) is 2. The monoisotopic (exact) mass is 521 g/mol. The van der Waals surface area contributed by atoms with Crippen molar-refractivity contribution >= 4 is 13.7 Å². The van der Waals surface area contributed by atoms with Crippen LogP contribution >= 0.6 is 7.75 Å². The Balaban J connectivity index is 1.38. The maximum atomic E-state index is 13.6. The zero-order valence-corrected chi connectivity index (χ0v) is 21.3. The van der Waals surface area contributed by atoms with Crippen LogP contribution in [0.3, 0.4) is 0 Å². The molecular formula is C24H32N3O8P. The Labute approximate surface area is 209 Å². The minimum Gasteiger partial charge on any atom is -0.461 e. The molecule has 4 rings (SSSR count). The summed E-state index contributed by atoms with van der Waals surface area (Å²) in [7, 11) is -4.06. The van der Waals surface area contributed by atoms with E-state index in [-0.39, 0.29) is 19.3 Å². The summed E-state index contributed by atoms with van der Waals surface area (Å²) in [5.74, 6) is -0.230. The summed E-state index contributed by atoms with van der Waals surface area (Å²) in [6, 6.07) is 9.23. The highest BCUT2D eigenvalue weighted by atomic mass is 31.2. The average Bonchev–Trinajstić information content (AvgIpc) is 3.33. The van der Waals surface area contributed by atoms with E-state index >= 15 is 0 Å². The minimum atomic E-state index is -4.06. The van der Waals surface area contributed by atoms with Crippen LogP contribution in [0.15, 0.2) is 47.4 Å². The maximum Gasteiger partial charge on any atom is 0.459 e. The lowest BCUT2D eigenvalue weighted by molar-refractivity contribution is -0.152. The summed E-state index contributed by atoms with van der Waals surface area (Å²) in [5.41, 5.74) is 0.131. The Hall–Kier alpha value is -2.56. The van der Waals surface area contributed by atoms with E-state index in [4.69, 9.17) is 23.3 Å². The van der Waals surface area contributed by atoms with Crippen LogP contribution in [0.1, 0.15) is 50.9 Å². The second kappa shape index (κ2) is 12.1. The lowest BCUT2D eigenvalue weighted by Gasteiger charge is -2.26. The van der Waals surface area contributed by atoms with Crippen molar-refractivity contribution in [3.8, 4) is 5.75 Å². The van der Waals surface area contributed by atoms with Crippen molar-refractivity contribution in [1.82, 2.24) is 14.6 Å². The van der Waals surface area contributed by atoms with Crippen LogP contribution in [0.4, 0.5) is 0 Å². The first kappa shape index (κ1) is 26.5. The van der Waals surface area contributed by atoms with Gasteiger partial charge < -0.3 is 18.7 Å². The van der Waals surface area contributed by atoms with E-state index in [0.717, 1.165) is 32.1 Å². The van der Waals surface area contributed by atoms with E-state index < -0.39 is 38.0 Å². The molecule has 0 unspecified atom stereocenters. The first-order valence-corrected chi connectivity index (χ1v) is 13.7. The van der Waals surface area contributed by atoms with Crippen molar-refractivity contribution in [3.05, 3.63) is 58.8 Å². The van der Waals surface area contributed by atoms with Gasteiger partial charge in [0.05, 0.1) is 6.61 Å². The van der Waals surface area contributed by atoms with Gasteiger partial charge in [-0.1, -0.05) is 24.6 Å². The fraction of sp³-hybridized carbons (Fsp3) is 0.542. The van der Waals surface area contributed by atoms with Crippen LogP contribution in [-0.4, -0.2) is 47.2 Å². The highest BCUT2D eigenvalue weighted by Crippen LogP contribution is 2.45. The molecule has 1 saturated heterocycles. The number of carbonyl (C=O) groups is 1. The van der Waals surface area contributed by atoms with Gasteiger partial charge in [0, 0.05) is 11.9 Å². The summed E-state index contributed by atoms with van der Waals surface area (Å²) in [4.78, 5) is 28.7. The third kappa shape index (κ3) is 7.24. The van der Waals surface area contributed by atoms with E-state index in [0.29, 0.717) is 11.4 Å². The number of carbonyl (C=O) groups excluding carboxylic acids is 1. The number of esters is 1. The Morgan fingerprint density at radius 1 is 1.22 bits per heavy atom. The molecule has 12 heteroatoms. The number of nitrogens with one attached hydrogen (secondary N) is 1. The van der Waals surface area contributed by atoms with Gasteiger partial charge in [0.1, 0.15) is 24.5 Å². The summed E-state index contributed by atoms with van der Waals surface area (Å²) in [5, 5.41) is 2.67. The molecule has 1 N–H and O–H groups in total.